The summed E-state index contributed by atoms with van der Waals surface area (Å²) in [4.78, 5) is 0. The molecule has 76 valence electrons. The van der Waals surface area contributed by atoms with Gasteiger partial charge in [-0.15, -0.1) is 0 Å². The van der Waals surface area contributed by atoms with Gasteiger partial charge in [0.05, 0.1) is 12.2 Å². The second-order valence-electron chi connectivity index (χ2n) is 4.60. The normalized spacial score (nSPS) is 38.1. The van der Waals surface area contributed by atoms with Gasteiger partial charge in [0.25, 0.3) is 0 Å². The Labute approximate surface area is 79.3 Å². The smallest absolute Gasteiger partial charge is 0.0638 e. The Bertz CT molecular complexity index is 185. The monoisotopic (exact) mass is 185 g/mol. The molecule has 0 spiro atoms. The molecule has 2 rings (SSSR count). The van der Waals surface area contributed by atoms with E-state index >= 15 is 0 Å². The van der Waals surface area contributed by atoms with Crippen molar-refractivity contribution in [1.29, 1.82) is 0 Å². The van der Waals surface area contributed by atoms with E-state index in [1.807, 2.05) is 0 Å². The van der Waals surface area contributed by atoms with Gasteiger partial charge in [-0.1, -0.05) is 0 Å². The zero-order chi connectivity index (χ0) is 9.47. The summed E-state index contributed by atoms with van der Waals surface area (Å²) < 4.78 is 5.19. The molecule has 0 heterocycles. The SMILES string of the molecule is COC1CC(C(O)C2(CN)CC2)C1. The first-order valence-corrected chi connectivity index (χ1v) is 5.13. The van der Waals surface area contributed by atoms with Crippen LogP contribution in [0.5, 0.6) is 0 Å². The molecule has 0 aromatic heterocycles. The van der Waals surface area contributed by atoms with Crippen molar-refractivity contribution in [1.82, 2.24) is 0 Å². The van der Waals surface area contributed by atoms with Gasteiger partial charge in [0.15, 0.2) is 0 Å². The number of aliphatic hydroxyl groups excluding tert-OH is 1. The van der Waals surface area contributed by atoms with Gasteiger partial charge in [0.2, 0.25) is 0 Å². The first-order valence-electron chi connectivity index (χ1n) is 5.13. The van der Waals surface area contributed by atoms with Gasteiger partial charge in [-0.25, -0.2) is 0 Å². The van der Waals surface area contributed by atoms with E-state index in [4.69, 9.17) is 10.5 Å². The van der Waals surface area contributed by atoms with E-state index in [0.717, 1.165) is 25.7 Å². The number of methoxy groups -OCH3 is 1. The number of hydrogen-bond acceptors (Lipinski definition) is 3. The number of hydrogen-bond donors (Lipinski definition) is 2. The summed E-state index contributed by atoms with van der Waals surface area (Å²) in [6.07, 6.45) is 4.45. The lowest BCUT2D eigenvalue weighted by Gasteiger charge is -2.40. The molecule has 1 atom stereocenters. The van der Waals surface area contributed by atoms with Crippen molar-refractivity contribution in [2.24, 2.45) is 17.1 Å². The number of ether oxygens (including phenoxy) is 1. The van der Waals surface area contributed by atoms with Crippen molar-refractivity contribution >= 4 is 0 Å². The average Bonchev–Trinajstić information content (AvgIpc) is 2.82. The van der Waals surface area contributed by atoms with Crippen LogP contribution in [0.4, 0.5) is 0 Å². The molecule has 0 aromatic carbocycles. The average molecular weight is 185 g/mol. The first-order chi connectivity index (χ1) is 6.22. The van der Waals surface area contributed by atoms with E-state index in [1.165, 1.54) is 0 Å². The molecule has 2 aliphatic carbocycles. The highest BCUT2D eigenvalue weighted by Gasteiger charge is 2.52. The Morgan fingerprint density at radius 3 is 2.54 bits per heavy atom. The molecule has 0 aliphatic heterocycles. The van der Waals surface area contributed by atoms with Crippen molar-refractivity contribution < 1.29 is 9.84 Å². The Balaban J connectivity index is 1.82. The minimum atomic E-state index is -0.177. The van der Waals surface area contributed by atoms with Crippen LogP contribution in [-0.4, -0.2) is 31.0 Å². The largest absolute Gasteiger partial charge is 0.392 e. The Hall–Kier alpha value is -0.120. The highest BCUT2D eigenvalue weighted by atomic mass is 16.5. The molecule has 13 heavy (non-hydrogen) atoms. The van der Waals surface area contributed by atoms with Gasteiger partial charge in [0, 0.05) is 19.1 Å². The van der Waals surface area contributed by atoms with Crippen molar-refractivity contribution in [2.45, 2.75) is 37.9 Å². The second kappa shape index (κ2) is 3.23. The van der Waals surface area contributed by atoms with Crippen LogP contribution in [0.1, 0.15) is 25.7 Å². The van der Waals surface area contributed by atoms with Gasteiger partial charge < -0.3 is 15.6 Å². The molecule has 0 saturated heterocycles. The van der Waals surface area contributed by atoms with Gasteiger partial charge in [-0.3, -0.25) is 0 Å². The third-order valence-corrected chi connectivity index (χ3v) is 3.84. The topological polar surface area (TPSA) is 55.5 Å². The molecule has 2 aliphatic rings. The molecule has 0 bridgehead atoms. The third kappa shape index (κ3) is 1.49. The zero-order valence-corrected chi connectivity index (χ0v) is 8.20. The van der Waals surface area contributed by atoms with Crippen molar-refractivity contribution in [3.8, 4) is 0 Å². The minimum Gasteiger partial charge on any atom is -0.392 e. The summed E-state index contributed by atoms with van der Waals surface area (Å²) in [6.45, 7) is 0.641. The summed E-state index contributed by atoms with van der Waals surface area (Å²) in [7, 11) is 1.74. The molecule has 0 amide bonds. The fourth-order valence-electron chi connectivity index (χ4n) is 2.34. The van der Waals surface area contributed by atoms with E-state index in [0.29, 0.717) is 18.6 Å². The fraction of sp³-hybridized carbons (Fsp3) is 1.00. The van der Waals surface area contributed by atoms with Crippen molar-refractivity contribution in [3.63, 3.8) is 0 Å². The highest BCUT2D eigenvalue weighted by Crippen LogP contribution is 2.53. The zero-order valence-electron chi connectivity index (χ0n) is 8.20. The molecule has 2 saturated carbocycles. The number of rotatable bonds is 4. The quantitative estimate of drug-likeness (QED) is 0.671. The standard InChI is InChI=1S/C10H19NO2/c1-13-8-4-7(5-8)9(12)10(6-11)2-3-10/h7-9,12H,2-6,11H2,1H3. The second-order valence-corrected chi connectivity index (χ2v) is 4.60. The maximum atomic E-state index is 10.0. The summed E-state index contributed by atoms with van der Waals surface area (Å²) in [6, 6.07) is 0. The van der Waals surface area contributed by atoms with Gasteiger partial charge in [0.1, 0.15) is 0 Å². The van der Waals surface area contributed by atoms with Crippen LogP contribution in [0.2, 0.25) is 0 Å². The van der Waals surface area contributed by atoms with Crippen molar-refractivity contribution in [3.05, 3.63) is 0 Å². The molecule has 0 aromatic rings. The van der Waals surface area contributed by atoms with E-state index in [1.54, 1.807) is 7.11 Å². The summed E-state index contributed by atoms with van der Waals surface area (Å²) >= 11 is 0. The summed E-state index contributed by atoms with van der Waals surface area (Å²) in [5, 5.41) is 10.0. The summed E-state index contributed by atoms with van der Waals surface area (Å²) in [5.41, 5.74) is 5.75. The van der Waals surface area contributed by atoms with Gasteiger partial charge in [-0.2, -0.15) is 0 Å². The van der Waals surface area contributed by atoms with Crippen LogP contribution in [0.25, 0.3) is 0 Å². The molecule has 2 fully saturated rings. The lowest BCUT2D eigenvalue weighted by molar-refractivity contribution is -0.0726. The van der Waals surface area contributed by atoms with Crippen molar-refractivity contribution in [2.75, 3.05) is 13.7 Å². The number of nitrogens with two attached hydrogens (primary N) is 1. The van der Waals surface area contributed by atoms with Gasteiger partial charge >= 0.3 is 0 Å². The molecule has 0 radical (unpaired) electrons. The molecule has 1 unspecified atom stereocenters. The van der Waals surface area contributed by atoms with Crippen LogP contribution >= 0.6 is 0 Å². The third-order valence-electron chi connectivity index (χ3n) is 3.84. The first kappa shape index (κ1) is 9.44. The highest BCUT2D eigenvalue weighted by molar-refractivity contribution is 5.04. The van der Waals surface area contributed by atoms with E-state index in [9.17, 15) is 5.11 Å². The lowest BCUT2D eigenvalue weighted by Crippen LogP contribution is -2.44. The van der Waals surface area contributed by atoms with E-state index in [-0.39, 0.29) is 11.5 Å². The Morgan fingerprint density at radius 2 is 2.15 bits per heavy atom. The number of aliphatic hydroxyl groups is 1. The molecular weight excluding hydrogens is 166 g/mol. The lowest BCUT2D eigenvalue weighted by atomic mass is 9.73. The van der Waals surface area contributed by atoms with Crippen LogP contribution in [-0.2, 0) is 4.74 Å². The van der Waals surface area contributed by atoms with Crippen LogP contribution in [0.3, 0.4) is 0 Å². The van der Waals surface area contributed by atoms with Crippen LogP contribution < -0.4 is 5.73 Å². The molecule has 3 heteroatoms. The minimum absolute atomic E-state index is 0.0867. The fourth-order valence-corrected chi connectivity index (χ4v) is 2.34. The van der Waals surface area contributed by atoms with E-state index < -0.39 is 0 Å². The molecule has 3 N–H and O–H groups in total. The van der Waals surface area contributed by atoms with E-state index in [2.05, 4.69) is 0 Å². The molecule has 3 nitrogen and oxygen atoms in total. The summed E-state index contributed by atoms with van der Waals surface area (Å²) in [5.74, 6) is 0.441. The van der Waals surface area contributed by atoms with Crippen LogP contribution in [0, 0.1) is 11.3 Å². The Morgan fingerprint density at radius 1 is 1.54 bits per heavy atom. The maximum Gasteiger partial charge on any atom is 0.0638 e. The van der Waals surface area contributed by atoms with Crippen LogP contribution in [0.15, 0.2) is 0 Å². The van der Waals surface area contributed by atoms with Gasteiger partial charge in [-0.05, 0) is 31.6 Å². The maximum absolute atomic E-state index is 10.0. The molecular formula is C10H19NO2. The predicted molar refractivity (Wildman–Crippen MR) is 50.2 cm³/mol. The predicted octanol–water partition coefficient (Wildman–Crippen LogP) is 0.511. The Kier molecular flexibility index (Phi) is 2.34.